The predicted molar refractivity (Wildman–Crippen MR) is 287 cm³/mol. The number of rotatable bonds is 6. The largest absolute Gasteiger partial charge is 0.454 e. The maximum absolute atomic E-state index is 6.73. The fourth-order valence-electron chi connectivity index (χ4n) is 11.9. The Bertz CT molecular complexity index is 3850. The van der Waals surface area contributed by atoms with Crippen LogP contribution in [0.15, 0.2) is 221 Å². The SMILES string of the molecule is CC1(C)c2ccccc2-c2ccc(-c3cc(-c4ccc(N(c5cccc6c5oc5ccccc56)c5cccc6c5oc5ccccc56)cc4)cc(-c4ccc5c(c4)C(C)(C)c4ccccc4-5)c3)cc21. The van der Waals surface area contributed by atoms with E-state index in [9.17, 15) is 0 Å². The minimum atomic E-state index is -0.107. The number of benzene rings is 10. The summed E-state index contributed by atoms with van der Waals surface area (Å²) in [5.41, 5.74) is 24.0. The highest BCUT2D eigenvalue weighted by Gasteiger charge is 2.37. The van der Waals surface area contributed by atoms with Gasteiger partial charge in [-0.1, -0.05) is 173 Å². The number of nitrogens with zero attached hydrogens (tertiary/aromatic N) is 1. The molecule has 3 heteroatoms. The zero-order valence-electron chi connectivity index (χ0n) is 39.0. The molecule has 0 amide bonds. The molecule has 69 heavy (non-hydrogen) atoms. The third kappa shape index (κ3) is 5.87. The summed E-state index contributed by atoms with van der Waals surface area (Å²) in [6.07, 6.45) is 0. The number of furan rings is 2. The first-order valence-electron chi connectivity index (χ1n) is 24.1. The molecule has 328 valence electrons. The molecule has 0 fully saturated rings. The molecule has 10 aromatic carbocycles. The highest BCUT2D eigenvalue weighted by molar-refractivity contribution is 6.14. The Kier molecular flexibility index (Phi) is 8.38. The molecule has 0 spiro atoms. The van der Waals surface area contributed by atoms with Crippen molar-refractivity contribution >= 4 is 60.9 Å². The Morgan fingerprint density at radius 1 is 0.304 bits per heavy atom. The topological polar surface area (TPSA) is 29.5 Å². The van der Waals surface area contributed by atoms with Crippen LogP contribution in [0.25, 0.3) is 99.5 Å². The van der Waals surface area contributed by atoms with Crippen LogP contribution in [0.1, 0.15) is 49.9 Å². The maximum atomic E-state index is 6.73. The Morgan fingerprint density at radius 3 is 1.19 bits per heavy atom. The van der Waals surface area contributed by atoms with Crippen LogP contribution in [0.3, 0.4) is 0 Å². The quantitative estimate of drug-likeness (QED) is 0.167. The molecule has 0 radical (unpaired) electrons. The van der Waals surface area contributed by atoms with E-state index in [1.165, 1.54) is 66.8 Å². The van der Waals surface area contributed by atoms with Crippen LogP contribution in [-0.4, -0.2) is 0 Å². The summed E-state index contributed by atoms with van der Waals surface area (Å²) in [4.78, 5) is 2.30. The van der Waals surface area contributed by atoms with Crippen LogP contribution in [0.2, 0.25) is 0 Å². The van der Waals surface area contributed by atoms with E-state index in [4.69, 9.17) is 8.83 Å². The second-order valence-electron chi connectivity index (χ2n) is 20.0. The van der Waals surface area contributed by atoms with E-state index >= 15 is 0 Å². The molecule has 0 aliphatic heterocycles. The fraction of sp³-hybridized carbons (Fsp3) is 0.0909. The molecule has 3 nitrogen and oxygen atoms in total. The maximum Gasteiger partial charge on any atom is 0.159 e. The average Bonchev–Trinajstić information content (AvgIpc) is 4.10. The smallest absolute Gasteiger partial charge is 0.159 e. The first-order chi connectivity index (χ1) is 33.7. The van der Waals surface area contributed by atoms with Crippen molar-refractivity contribution in [3.05, 3.63) is 235 Å². The Balaban J connectivity index is 0.941. The Labute approximate surface area is 401 Å². The van der Waals surface area contributed by atoms with Crippen LogP contribution in [-0.2, 0) is 10.8 Å². The normalized spacial score (nSPS) is 14.0. The molecule has 2 heterocycles. The van der Waals surface area contributed by atoms with Gasteiger partial charge in [-0.25, -0.2) is 0 Å². The van der Waals surface area contributed by atoms with Crippen molar-refractivity contribution in [3.63, 3.8) is 0 Å². The number of hydrogen-bond acceptors (Lipinski definition) is 3. The molecule has 0 N–H and O–H groups in total. The first-order valence-corrected chi connectivity index (χ1v) is 24.1. The van der Waals surface area contributed by atoms with Crippen LogP contribution >= 0.6 is 0 Å². The molecule has 0 unspecified atom stereocenters. The van der Waals surface area contributed by atoms with Gasteiger partial charge in [-0.05, 0) is 145 Å². The summed E-state index contributed by atoms with van der Waals surface area (Å²) >= 11 is 0. The van der Waals surface area contributed by atoms with Gasteiger partial charge < -0.3 is 13.7 Å². The standard InChI is InChI=1S/C66H47NO2/c1-65(2)55-21-9-5-15-47(55)49-33-29-41(38-57(49)65)44-35-43(36-45(37-44)42-30-34-50-48-16-6-10-22-56(48)66(3,4)58(50)39-42)40-27-31-46(32-28-40)67(59-23-13-19-53-51-17-7-11-25-61(51)68-63(53)59)60-24-14-20-54-52-18-8-12-26-62(52)69-64(54)60/h5-39H,1-4H3. The molecule has 14 rings (SSSR count). The van der Waals surface area contributed by atoms with Crippen LogP contribution in [0.5, 0.6) is 0 Å². The third-order valence-corrected chi connectivity index (χ3v) is 15.5. The summed E-state index contributed by atoms with van der Waals surface area (Å²) in [5, 5.41) is 4.33. The van der Waals surface area contributed by atoms with Gasteiger partial charge in [-0.15, -0.1) is 0 Å². The van der Waals surface area contributed by atoms with Gasteiger partial charge in [0.05, 0.1) is 11.4 Å². The molecule has 2 aliphatic rings. The minimum absolute atomic E-state index is 0.107. The van der Waals surface area contributed by atoms with Crippen molar-refractivity contribution in [2.24, 2.45) is 0 Å². The van der Waals surface area contributed by atoms with Crippen molar-refractivity contribution in [1.82, 2.24) is 0 Å². The lowest BCUT2D eigenvalue weighted by Gasteiger charge is -2.26. The van der Waals surface area contributed by atoms with E-state index in [1.807, 2.05) is 24.3 Å². The zero-order chi connectivity index (χ0) is 46.2. The van der Waals surface area contributed by atoms with Crippen LogP contribution < -0.4 is 4.90 Å². The van der Waals surface area contributed by atoms with Gasteiger partial charge in [0.15, 0.2) is 11.2 Å². The van der Waals surface area contributed by atoms with E-state index in [0.29, 0.717) is 0 Å². The van der Waals surface area contributed by atoms with E-state index < -0.39 is 0 Å². The minimum Gasteiger partial charge on any atom is -0.454 e. The molecular weight excluding hydrogens is 839 g/mol. The van der Waals surface area contributed by atoms with Crippen molar-refractivity contribution < 1.29 is 8.83 Å². The van der Waals surface area contributed by atoms with Gasteiger partial charge in [0.25, 0.3) is 0 Å². The van der Waals surface area contributed by atoms with Gasteiger partial charge in [0, 0.05) is 38.1 Å². The van der Waals surface area contributed by atoms with Crippen LogP contribution in [0.4, 0.5) is 17.1 Å². The lowest BCUT2D eigenvalue weighted by atomic mass is 9.81. The summed E-state index contributed by atoms with van der Waals surface area (Å²) in [5.74, 6) is 0. The van der Waals surface area contributed by atoms with Crippen molar-refractivity contribution in [2.75, 3.05) is 4.90 Å². The molecule has 0 atom stereocenters. The van der Waals surface area contributed by atoms with Crippen LogP contribution in [0, 0.1) is 0 Å². The van der Waals surface area contributed by atoms with Crippen molar-refractivity contribution in [2.45, 2.75) is 38.5 Å². The Hall–Kier alpha value is -8.40. The molecule has 0 bridgehead atoms. The molecule has 2 aromatic heterocycles. The fourth-order valence-corrected chi connectivity index (χ4v) is 11.9. The van der Waals surface area contributed by atoms with E-state index in [1.54, 1.807) is 0 Å². The van der Waals surface area contributed by atoms with Gasteiger partial charge in [-0.3, -0.25) is 0 Å². The summed E-state index contributed by atoms with van der Waals surface area (Å²) in [6, 6.07) is 77.6. The highest BCUT2D eigenvalue weighted by Crippen LogP contribution is 2.52. The van der Waals surface area contributed by atoms with Gasteiger partial charge in [0.1, 0.15) is 11.2 Å². The molecule has 0 saturated carbocycles. The number of para-hydroxylation sites is 4. The number of fused-ring (bicyclic) bond motifs is 12. The highest BCUT2D eigenvalue weighted by atomic mass is 16.3. The third-order valence-electron chi connectivity index (χ3n) is 15.5. The zero-order valence-corrected chi connectivity index (χ0v) is 39.0. The molecule has 12 aromatic rings. The van der Waals surface area contributed by atoms with Gasteiger partial charge in [0.2, 0.25) is 0 Å². The monoisotopic (exact) mass is 885 g/mol. The summed E-state index contributed by atoms with van der Waals surface area (Å²) in [6.45, 7) is 9.45. The second kappa shape index (κ2) is 14.6. The lowest BCUT2D eigenvalue weighted by molar-refractivity contribution is 0.660. The number of anilines is 3. The van der Waals surface area contributed by atoms with E-state index in [-0.39, 0.29) is 10.8 Å². The van der Waals surface area contributed by atoms with E-state index in [0.717, 1.165) is 72.1 Å². The Morgan fingerprint density at radius 2 is 0.696 bits per heavy atom. The van der Waals surface area contributed by atoms with Gasteiger partial charge in [-0.2, -0.15) is 0 Å². The molecule has 2 aliphatic carbocycles. The number of hydrogen-bond donors (Lipinski definition) is 0. The summed E-state index contributed by atoms with van der Waals surface area (Å²) < 4.78 is 13.5. The predicted octanol–water partition coefficient (Wildman–Crippen LogP) is 18.6. The van der Waals surface area contributed by atoms with Gasteiger partial charge >= 0.3 is 0 Å². The van der Waals surface area contributed by atoms with Crippen molar-refractivity contribution in [3.8, 4) is 55.6 Å². The van der Waals surface area contributed by atoms with E-state index in [2.05, 4.69) is 221 Å². The molecule has 0 saturated heterocycles. The summed E-state index contributed by atoms with van der Waals surface area (Å²) in [7, 11) is 0. The average molecular weight is 886 g/mol. The lowest BCUT2D eigenvalue weighted by Crippen LogP contribution is -2.15. The molecular formula is C66H47NO2. The first kappa shape index (κ1) is 39.7. The second-order valence-corrected chi connectivity index (χ2v) is 20.0. The van der Waals surface area contributed by atoms with Crippen molar-refractivity contribution in [1.29, 1.82) is 0 Å².